The first-order valence-corrected chi connectivity index (χ1v) is 9.14. The van der Waals surface area contributed by atoms with Crippen molar-refractivity contribution in [2.24, 2.45) is 0 Å². The van der Waals surface area contributed by atoms with Crippen LogP contribution in [-0.2, 0) is 0 Å². The van der Waals surface area contributed by atoms with Crippen LogP contribution in [0.25, 0.3) is 11.3 Å². The van der Waals surface area contributed by atoms with Gasteiger partial charge < -0.3 is 19.5 Å². The summed E-state index contributed by atoms with van der Waals surface area (Å²) < 4.78 is 15.9. The zero-order valence-electron chi connectivity index (χ0n) is 16.6. The molecule has 1 heterocycles. The molecule has 7 heteroatoms. The molecule has 29 heavy (non-hydrogen) atoms. The van der Waals surface area contributed by atoms with Crippen molar-refractivity contribution in [1.29, 1.82) is 0 Å². The molecule has 0 fully saturated rings. The standard InChI is InChI=1S/C22H23N3O4/c1-15-4-6-16(7-5-15)19-10-11-21(25-24-19)29-13-12-23-22(26)18-9-8-17(27-2)14-20(18)28-3/h4-11,14H,12-13H2,1-3H3,(H,23,26). The van der Waals surface area contributed by atoms with Gasteiger partial charge in [0.05, 0.1) is 32.0 Å². The van der Waals surface area contributed by atoms with Crippen LogP contribution in [0.3, 0.4) is 0 Å². The number of carbonyl (C=O) groups excluding carboxylic acids is 1. The summed E-state index contributed by atoms with van der Waals surface area (Å²) in [7, 11) is 3.07. The number of methoxy groups -OCH3 is 2. The number of benzene rings is 2. The summed E-state index contributed by atoms with van der Waals surface area (Å²) in [6, 6.07) is 16.7. The molecule has 0 aliphatic rings. The van der Waals surface area contributed by atoms with Crippen molar-refractivity contribution in [2.75, 3.05) is 27.4 Å². The second kappa shape index (κ2) is 9.54. The van der Waals surface area contributed by atoms with Gasteiger partial charge in [-0.25, -0.2) is 0 Å². The second-order valence-corrected chi connectivity index (χ2v) is 6.29. The number of amides is 1. The van der Waals surface area contributed by atoms with Crippen LogP contribution in [0, 0.1) is 6.92 Å². The van der Waals surface area contributed by atoms with Crippen molar-refractivity contribution in [2.45, 2.75) is 6.92 Å². The molecule has 0 aliphatic carbocycles. The first kappa shape index (κ1) is 20.1. The molecule has 1 N–H and O–H groups in total. The molecule has 0 bridgehead atoms. The van der Waals surface area contributed by atoms with Gasteiger partial charge in [0.2, 0.25) is 5.88 Å². The van der Waals surface area contributed by atoms with Gasteiger partial charge in [-0.3, -0.25) is 4.79 Å². The highest BCUT2D eigenvalue weighted by atomic mass is 16.5. The van der Waals surface area contributed by atoms with Crippen molar-refractivity contribution in [1.82, 2.24) is 15.5 Å². The monoisotopic (exact) mass is 393 g/mol. The third kappa shape index (κ3) is 5.22. The Morgan fingerprint density at radius 1 is 0.966 bits per heavy atom. The Hall–Kier alpha value is -3.61. The predicted octanol–water partition coefficient (Wildman–Crippen LogP) is 3.28. The molecular formula is C22H23N3O4. The third-order valence-corrected chi connectivity index (χ3v) is 4.28. The van der Waals surface area contributed by atoms with Crippen LogP contribution >= 0.6 is 0 Å². The van der Waals surface area contributed by atoms with Gasteiger partial charge in [0.1, 0.15) is 18.1 Å². The van der Waals surface area contributed by atoms with Crippen molar-refractivity contribution in [3.8, 4) is 28.6 Å². The van der Waals surface area contributed by atoms with Crippen LogP contribution < -0.4 is 19.5 Å². The Bertz CT molecular complexity index is 957. The fourth-order valence-corrected chi connectivity index (χ4v) is 2.68. The molecule has 3 aromatic rings. The number of nitrogens with one attached hydrogen (secondary N) is 1. The molecule has 2 aromatic carbocycles. The molecule has 7 nitrogen and oxygen atoms in total. The molecule has 150 valence electrons. The fraction of sp³-hybridized carbons (Fsp3) is 0.227. The summed E-state index contributed by atoms with van der Waals surface area (Å²) in [6.45, 7) is 2.62. The average molecular weight is 393 g/mol. The van der Waals surface area contributed by atoms with Crippen molar-refractivity contribution in [3.05, 3.63) is 65.7 Å². The first-order chi connectivity index (χ1) is 14.1. The number of hydrogen-bond donors (Lipinski definition) is 1. The molecule has 3 rings (SSSR count). The molecule has 0 spiro atoms. The van der Waals surface area contributed by atoms with Gasteiger partial charge in [0.25, 0.3) is 5.91 Å². The summed E-state index contributed by atoms with van der Waals surface area (Å²) in [5, 5.41) is 11.1. The largest absolute Gasteiger partial charge is 0.497 e. The molecule has 0 saturated heterocycles. The third-order valence-electron chi connectivity index (χ3n) is 4.28. The van der Waals surface area contributed by atoms with E-state index in [0.29, 0.717) is 29.5 Å². The van der Waals surface area contributed by atoms with Crippen LogP contribution in [-0.4, -0.2) is 43.5 Å². The average Bonchev–Trinajstić information content (AvgIpc) is 2.77. The van der Waals surface area contributed by atoms with Gasteiger partial charge in [-0.05, 0) is 25.1 Å². The van der Waals surface area contributed by atoms with E-state index in [9.17, 15) is 4.79 Å². The SMILES string of the molecule is COc1ccc(C(=O)NCCOc2ccc(-c3ccc(C)cc3)nn2)c(OC)c1. The van der Waals surface area contributed by atoms with Crippen LogP contribution in [0.5, 0.6) is 17.4 Å². The summed E-state index contributed by atoms with van der Waals surface area (Å²) >= 11 is 0. The smallest absolute Gasteiger partial charge is 0.255 e. The minimum Gasteiger partial charge on any atom is -0.497 e. The zero-order valence-corrected chi connectivity index (χ0v) is 16.6. The lowest BCUT2D eigenvalue weighted by Crippen LogP contribution is -2.28. The fourth-order valence-electron chi connectivity index (χ4n) is 2.68. The van der Waals surface area contributed by atoms with Gasteiger partial charge >= 0.3 is 0 Å². The summed E-state index contributed by atoms with van der Waals surface area (Å²) in [5.41, 5.74) is 3.39. The second-order valence-electron chi connectivity index (χ2n) is 6.29. The molecule has 1 aromatic heterocycles. The number of hydrogen-bond acceptors (Lipinski definition) is 6. The minimum atomic E-state index is -0.256. The van der Waals surface area contributed by atoms with Crippen LogP contribution in [0.15, 0.2) is 54.6 Å². The maximum absolute atomic E-state index is 12.3. The van der Waals surface area contributed by atoms with Crippen LogP contribution in [0.1, 0.15) is 15.9 Å². The Morgan fingerprint density at radius 3 is 2.41 bits per heavy atom. The number of rotatable bonds is 8. The maximum atomic E-state index is 12.3. The van der Waals surface area contributed by atoms with Crippen LogP contribution in [0.2, 0.25) is 0 Å². The maximum Gasteiger partial charge on any atom is 0.255 e. The first-order valence-electron chi connectivity index (χ1n) is 9.14. The Balaban J connectivity index is 1.50. The number of carbonyl (C=O) groups is 1. The molecule has 1 amide bonds. The van der Waals surface area contributed by atoms with Gasteiger partial charge in [0.15, 0.2) is 0 Å². The van der Waals surface area contributed by atoms with Gasteiger partial charge in [0, 0.05) is 17.7 Å². The number of ether oxygens (including phenoxy) is 3. The molecule has 0 unspecified atom stereocenters. The quantitative estimate of drug-likeness (QED) is 0.592. The Kier molecular flexibility index (Phi) is 6.63. The molecule has 0 aliphatic heterocycles. The van der Waals surface area contributed by atoms with Crippen LogP contribution in [0.4, 0.5) is 0 Å². The highest BCUT2D eigenvalue weighted by Crippen LogP contribution is 2.24. The lowest BCUT2D eigenvalue weighted by molar-refractivity contribution is 0.0943. The molecular weight excluding hydrogens is 370 g/mol. The summed E-state index contributed by atoms with van der Waals surface area (Å²) in [4.78, 5) is 12.3. The summed E-state index contributed by atoms with van der Waals surface area (Å²) in [5.74, 6) is 1.21. The molecule has 0 radical (unpaired) electrons. The lowest BCUT2D eigenvalue weighted by atomic mass is 10.1. The number of aryl methyl sites for hydroxylation is 1. The van der Waals surface area contributed by atoms with Crippen molar-refractivity contribution < 1.29 is 19.0 Å². The molecule has 0 saturated carbocycles. The highest BCUT2D eigenvalue weighted by molar-refractivity contribution is 5.97. The van der Waals surface area contributed by atoms with E-state index in [1.807, 2.05) is 37.3 Å². The van der Waals surface area contributed by atoms with Crippen molar-refractivity contribution in [3.63, 3.8) is 0 Å². The topological polar surface area (TPSA) is 82.6 Å². The minimum absolute atomic E-state index is 0.256. The summed E-state index contributed by atoms with van der Waals surface area (Å²) in [6.07, 6.45) is 0. The van der Waals surface area contributed by atoms with E-state index in [4.69, 9.17) is 14.2 Å². The van der Waals surface area contributed by atoms with E-state index in [-0.39, 0.29) is 12.5 Å². The lowest BCUT2D eigenvalue weighted by Gasteiger charge is -2.11. The van der Waals surface area contributed by atoms with E-state index in [2.05, 4.69) is 15.5 Å². The van der Waals surface area contributed by atoms with E-state index in [0.717, 1.165) is 11.3 Å². The number of nitrogens with zero attached hydrogens (tertiary/aromatic N) is 2. The predicted molar refractivity (Wildman–Crippen MR) is 110 cm³/mol. The highest BCUT2D eigenvalue weighted by Gasteiger charge is 2.13. The Morgan fingerprint density at radius 2 is 1.76 bits per heavy atom. The van der Waals surface area contributed by atoms with E-state index in [1.165, 1.54) is 12.7 Å². The van der Waals surface area contributed by atoms with Gasteiger partial charge in [-0.2, -0.15) is 0 Å². The van der Waals surface area contributed by atoms with Gasteiger partial charge in [-0.1, -0.05) is 29.8 Å². The van der Waals surface area contributed by atoms with E-state index >= 15 is 0 Å². The zero-order chi connectivity index (χ0) is 20.6. The van der Waals surface area contributed by atoms with E-state index < -0.39 is 0 Å². The normalized spacial score (nSPS) is 10.3. The Labute approximate surface area is 169 Å². The van der Waals surface area contributed by atoms with Crippen molar-refractivity contribution >= 4 is 5.91 Å². The van der Waals surface area contributed by atoms with E-state index in [1.54, 1.807) is 31.4 Å². The molecule has 0 atom stereocenters. The van der Waals surface area contributed by atoms with Gasteiger partial charge in [-0.15, -0.1) is 10.2 Å². The number of aromatic nitrogens is 2.